The number of nitrogen functional groups attached to an aromatic ring is 1. The SMILES string of the molecule is CCCN(CC)C(=O)c1ccc2cc(N)ccc2c1. The van der Waals surface area contributed by atoms with Crippen LogP contribution >= 0.6 is 0 Å². The summed E-state index contributed by atoms with van der Waals surface area (Å²) in [6.45, 7) is 5.63. The normalized spacial score (nSPS) is 10.6. The molecule has 0 spiro atoms. The van der Waals surface area contributed by atoms with Crippen LogP contribution in [0.1, 0.15) is 30.6 Å². The fourth-order valence-electron chi connectivity index (χ4n) is 2.25. The second-order valence-corrected chi connectivity index (χ2v) is 4.71. The molecule has 0 aromatic heterocycles. The van der Waals surface area contributed by atoms with E-state index in [2.05, 4.69) is 6.92 Å². The summed E-state index contributed by atoms with van der Waals surface area (Å²) in [4.78, 5) is 14.3. The minimum absolute atomic E-state index is 0.100. The molecule has 0 saturated heterocycles. The monoisotopic (exact) mass is 256 g/mol. The Bertz CT molecular complexity index is 592. The van der Waals surface area contributed by atoms with Crippen LogP contribution in [0.15, 0.2) is 36.4 Å². The van der Waals surface area contributed by atoms with Gasteiger partial charge in [0, 0.05) is 24.3 Å². The van der Waals surface area contributed by atoms with E-state index in [4.69, 9.17) is 5.73 Å². The molecule has 0 bridgehead atoms. The summed E-state index contributed by atoms with van der Waals surface area (Å²) in [6.07, 6.45) is 0.976. The van der Waals surface area contributed by atoms with Crippen LogP contribution in [0.2, 0.25) is 0 Å². The fraction of sp³-hybridized carbons (Fsp3) is 0.312. The number of nitrogens with two attached hydrogens (primary N) is 1. The Balaban J connectivity index is 2.35. The predicted molar refractivity (Wildman–Crippen MR) is 80.2 cm³/mol. The van der Waals surface area contributed by atoms with Crippen molar-refractivity contribution in [3.63, 3.8) is 0 Å². The molecule has 100 valence electrons. The fourth-order valence-corrected chi connectivity index (χ4v) is 2.25. The minimum Gasteiger partial charge on any atom is -0.399 e. The number of rotatable bonds is 4. The Morgan fingerprint density at radius 2 is 1.79 bits per heavy atom. The van der Waals surface area contributed by atoms with Gasteiger partial charge in [0.1, 0.15) is 0 Å². The summed E-state index contributed by atoms with van der Waals surface area (Å²) in [5.74, 6) is 0.100. The molecule has 0 unspecified atom stereocenters. The lowest BCUT2D eigenvalue weighted by atomic mass is 10.1. The molecule has 0 atom stereocenters. The number of carbonyl (C=O) groups excluding carboxylic acids is 1. The van der Waals surface area contributed by atoms with Crippen molar-refractivity contribution in [2.45, 2.75) is 20.3 Å². The summed E-state index contributed by atoms with van der Waals surface area (Å²) in [6, 6.07) is 11.5. The van der Waals surface area contributed by atoms with Crippen molar-refractivity contribution in [3.8, 4) is 0 Å². The van der Waals surface area contributed by atoms with Crippen LogP contribution in [0.25, 0.3) is 10.8 Å². The number of anilines is 1. The molecule has 3 heteroatoms. The molecule has 0 aliphatic carbocycles. The van der Waals surface area contributed by atoms with E-state index in [0.29, 0.717) is 0 Å². The highest BCUT2D eigenvalue weighted by molar-refractivity contribution is 5.99. The third kappa shape index (κ3) is 2.87. The summed E-state index contributed by atoms with van der Waals surface area (Å²) in [7, 11) is 0. The van der Waals surface area contributed by atoms with Crippen LogP contribution in [-0.4, -0.2) is 23.9 Å². The maximum atomic E-state index is 12.4. The molecule has 19 heavy (non-hydrogen) atoms. The molecular formula is C16H20N2O. The van der Waals surface area contributed by atoms with Crippen LogP contribution < -0.4 is 5.73 Å². The Kier molecular flexibility index (Phi) is 4.05. The van der Waals surface area contributed by atoms with Crippen LogP contribution in [-0.2, 0) is 0 Å². The van der Waals surface area contributed by atoms with Crippen LogP contribution in [0.5, 0.6) is 0 Å². The standard InChI is InChI=1S/C16H20N2O/c1-3-9-18(4-2)16(19)14-6-5-13-11-15(17)8-7-12(13)10-14/h5-8,10-11H,3-4,9,17H2,1-2H3. The summed E-state index contributed by atoms with van der Waals surface area (Å²) < 4.78 is 0. The van der Waals surface area contributed by atoms with Crippen LogP contribution in [0.4, 0.5) is 5.69 Å². The van der Waals surface area contributed by atoms with E-state index in [-0.39, 0.29) is 5.91 Å². The largest absolute Gasteiger partial charge is 0.399 e. The maximum Gasteiger partial charge on any atom is 0.253 e. The van der Waals surface area contributed by atoms with E-state index in [1.807, 2.05) is 48.2 Å². The van der Waals surface area contributed by atoms with Crippen LogP contribution in [0.3, 0.4) is 0 Å². The molecule has 0 aliphatic heterocycles. The topological polar surface area (TPSA) is 46.3 Å². The van der Waals surface area contributed by atoms with Crippen molar-refractivity contribution in [1.82, 2.24) is 4.90 Å². The van der Waals surface area contributed by atoms with Crippen molar-refractivity contribution in [3.05, 3.63) is 42.0 Å². The molecule has 2 aromatic carbocycles. The lowest BCUT2D eigenvalue weighted by Gasteiger charge is -2.20. The van der Waals surface area contributed by atoms with Gasteiger partial charge in [-0.05, 0) is 48.4 Å². The zero-order chi connectivity index (χ0) is 13.8. The first-order valence-electron chi connectivity index (χ1n) is 6.74. The number of hydrogen-bond donors (Lipinski definition) is 1. The smallest absolute Gasteiger partial charge is 0.253 e. The van der Waals surface area contributed by atoms with Gasteiger partial charge in [0.15, 0.2) is 0 Å². The first kappa shape index (κ1) is 13.4. The van der Waals surface area contributed by atoms with Crippen LogP contribution in [0, 0.1) is 0 Å². The summed E-state index contributed by atoms with van der Waals surface area (Å²) in [5.41, 5.74) is 7.24. The zero-order valence-electron chi connectivity index (χ0n) is 11.5. The van der Waals surface area contributed by atoms with E-state index in [9.17, 15) is 4.79 Å². The molecule has 0 fully saturated rings. The van der Waals surface area contributed by atoms with E-state index in [1.54, 1.807) is 0 Å². The number of carbonyl (C=O) groups is 1. The molecule has 3 nitrogen and oxygen atoms in total. The van der Waals surface area contributed by atoms with E-state index >= 15 is 0 Å². The molecule has 0 heterocycles. The van der Waals surface area contributed by atoms with E-state index < -0.39 is 0 Å². The number of nitrogens with zero attached hydrogens (tertiary/aromatic N) is 1. The highest BCUT2D eigenvalue weighted by atomic mass is 16.2. The second kappa shape index (κ2) is 5.74. The average molecular weight is 256 g/mol. The van der Waals surface area contributed by atoms with Crippen molar-refractivity contribution < 1.29 is 4.79 Å². The van der Waals surface area contributed by atoms with E-state index in [0.717, 1.165) is 41.5 Å². The quantitative estimate of drug-likeness (QED) is 0.853. The van der Waals surface area contributed by atoms with Gasteiger partial charge in [0.05, 0.1) is 0 Å². The Morgan fingerprint density at radius 1 is 1.11 bits per heavy atom. The maximum absolute atomic E-state index is 12.4. The van der Waals surface area contributed by atoms with Gasteiger partial charge in [0.25, 0.3) is 5.91 Å². The highest BCUT2D eigenvalue weighted by Gasteiger charge is 2.13. The van der Waals surface area contributed by atoms with Crippen molar-refractivity contribution >= 4 is 22.4 Å². The third-order valence-electron chi connectivity index (χ3n) is 3.27. The number of hydrogen-bond acceptors (Lipinski definition) is 2. The van der Waals surface area contributed by atoms with Crippen molar-refractivity contribution in [2.24, 2.45) is 0 Å². The highest BCUT2D eigenvalue weighted by Crippen LogP contribution is 2.20. The Morgan fingerprint density at radius 3 is 2.47 bits per heavy atom. The molecule has 0 radical (unpaired) electrons. The zero-order valence-corrected chi connectivity index (χ0v) is 11.5. The third-order valence-corrected chi connectivity index (χ3v) is 3.27. The lowest BCUT2D eigenvalue weighted by molar-refractivity contribution is 0.0764. The molecular weight excluding hydrogens is 236 g/mol. The molecule has 2 N–H and O–H groups in total. The summed E-state index contributed by atoms with van der Waals surface area (Å²) >= 11 is 0. The second-order valence-electron chi connectivity index (χ2n) is 4.71. The van der Waals surface area contributed by atoms with Crippen molar-refractivity contribution in [1.29, 1.82) is 0 Å². The van der Waals surface area contributed by atoms with Crippen molar-refractivity contribution in [2.75, 3.05) is 18.8 Å². The minimum atomic E-state index is 0.100. The number of benzene rings is 2. The lowest BCUT2D eigenvalue weighted by Crippen LogP contribution is -2.31. The van der Waals surface area contributed by atoms with Gasteiger partial charge >= 0.3 is 0 Å². The number of fused-ring (bicyclic) bond motifs is 1. The van der Waals surface area contributed by atoms with Gasteiger partial charge in [-0.1, -0.05) is 19.1 Å². The summed E-state index contributed by atoms with van der Waals surface area (Å²) in [5, 5.41) is 2.11. The molecule has 0 aliphatic rings. The predicted octanol–water partition coefficient (Wildman–Crippen LogP) is 3.29. The molecule has 0 saturated carbocycles. The average Bonchev–Trinajstić information content (AvgIpc) is 2.43. The van der Waals surface area contributed by atoms with Gasteiger partial charge in [-0.3, -0.25) is 4.79 Å². The first-order chi connectivity index (χ1) is 9.15. The number of amides is 1. The van der Waals surface area contributed by atoms with Gasteiger partial charge in [0.2, 0.25) is 0 Å². The van der Waals surface area contributed by atoms with Gasteiger partial charge in [-0.15, -0.1) is 0 Å². The van der Waals surface area contributed by atoms with Gasteiger partial charge in [-0.25, -0.2) is 0 Å². The molecule has 2 rings (SSSR count). The Labute approximate surface area is 114 Å². The first-order valence-corrected chi connectivity index (χ1v) is 6.74. The molecule has 2 aromatic rings. The van der Waals surface area contributed by atoms with Gasteiger partial charge < -0.3 is 10.6 Å². The van der Waals surface area contributed by atoms with E-state index in [1.165, 1.54) is 0 Å². The molecule has 1 amide bonds. The van der Waals surface area contributed by atoms with Gasteiger partial charge in [-0.2, -0.15) is 0 Å². The Hall–Kier alpha value is -2.03.